The lowest BCUT2D eigenvalue weighted by Gasteiger charge is -2.05. The lowest BCUT2D eigenvalue weighted by atomic mass is 10.2. The summed E-state index contributed by atoms with van der Waals surface area (Å²) in [5.74, 6) is -0.285. The van der Waals surface area contributed by atoms with Gasteiger partial charge in [0, 0.05) is 17.0 Å². The molecular weight excluding hydrogens is 282 g/mol. The Morgan fingerprint density at radius 2 is 2.16 bits per heavy atom. The van der Waals surface area contributed by atoms with Crippen molar-refractivity contribution in [3.8, 4) is 0 Å². The van der Waals surface area contributed by atoms with E-state index < -0.39 is 5.97 Å². The molecule has 1 aromatic carbocycles. The molecule has 1 N–H and O–H groups in total. The zero-order valence-corrected chi connectivity index (χ0v) is 11.8. The standard InChI is InChI=1S/C14H12ClNO2S/c1-9-2-3-11(12(15)6-9)8-19-13-7-10(14(17)18)4-5-16-13/h2-7H,8H2,1H3,(H,17,18). The monoisotopic (exact) mass is 293 g/mol. The number of hydrogen-bond acceptors (Lipinski definition) is 3. The molecule has 5 heteroatoms. The van der Waals surface area contributed by atoms with Crippen LogP contribution in [0.15, 0.2) is 41.6 Å². The predicted molar refractivity (Wildman–Crippen MR) is 76.9 cm³/mol. The summed E-state index contributed by atoms with van der Waals surface area (Å²) in [7, 11) is 0. The van der Waals surface area contributed by atoms with Gasteiger partial charge in [0.2, 0.25) is 0 Å². The fraction of sp³-hybridized carbons (Fsp3) is 0.143. The molecule has 0 bridgehead atoms. The van der Waals surface area contributed by atoms with Crippen molar-refractivity contribution < 1.29 is 9.90 Å². The topological polar surface area (TPSA) is 50.2 Å². The number of aryl methyl sites for hydroxylation is 1. The number of halogens is 1. The van der Waals surface area contributed by atoms with Crippen molar-refractivity contribution >= 4 is 29.3 Å². The second kappa shape index (κ2) is 6.08. The summed E-state index contributed by atoms with van der Waals surface area (Å²) in [6, 6.07) is 8.94. The third-order valence-electron chi connectivity index (χ3n) is 2.57. The van der Waals surface area contributed by atoms with Crippen molar-refractivity contribution in [1.29, 1.82) is 0 Å². The first-order valence-electron chi connectivity index (χ1n) is 5.63. The van der Waals surface area contributed by atoms with Gasteiger partial charge in [-0.3, -0.25) is 0 Å². The van der Waals surface area contributed by atoms with Gasteiger partial charge in [-0.25, -0.2) is 9.78 Å². The third kappa shape index (κ3) is 3.72. The van der Waals surface area contributed by atoms with Crippen LogP contribution in [0.3, 0.4) is 0 Å². The average Bonchev–Trinajstić information content (AvgIpc) is 2.38. The number of aromatic nitrogens is 1. The Hall–Kier alpha value is -1.52. The normalized spacial score (nSPS) is 10.4. The summed E-state index contributed by atoms with van der Waals surface area (Å²) in [5, 5.41) is 10.3. The number of thioether (sulfide) groups is 1. The minimum atomic E-state index is -0.947. The fourth-order valence-corrected chi connectivity index (χ4v) is 2.82. The number of hydrogen-bond donors (Lipinski definition) is 1. The molecule has 0 fully saturated rings. The molecule has 3 nitrogen and oxygen atoms in total. The summed E-state index contributed by atoms with van der Waals surface area (Å²) < 4.78 is 0. The minimum Gasteiger partial charge on any atom is -0.478 e. The fourth-order valence-electron chi connectivity index (χ4n) is 1.54. The van der Waals surface area contributed by atoms with E-state index in [0.29, 0.717) is 10.8 Å². The first kappa shape index (κ1) is 13.9. The van der Waals surface area contributed by atoms with Gasteiger partial charge in [0.1, 0.15) is 0 Å². The van der Waals surface area contributed by atoms with Gasteiger partial charge in [-0.2, -0.15) is 0 Å². The molecule has 0 aliphatic heterocycles. The molecular formula is C14H12ClNO2S. The summed E-state index contributed by atoms with van der Waals surface area (Å²) in [6.07, 6.45) is 1.50. The minimum absolute atomic E-state index is 0.243. The number of rotatable bonds is 4. The predicted octanol–water partition coefficient (Wildman–Crippen LogP) is 4.03. The first-order chi connectivity index (χ1) is 9.06. The molecule has 2 rings (SSSR count). The van der Waals surface area contributed by atoms with E-state index in [4.69, 9.17) is 16.7 Å². The summed E-state index contributed by atoms with van der Waals surface area (Å²) >= 11 is 7.62. The van der Waals surface area contributed by atoms with Gasteiger partial charge in [-0.05, 0) is 36.2 Å². The van der Waals surface area contributed by atoms with Crippen LogP contribution >= 0.6 is 23.4 Å². The maximum Gasteiger partial charge on any atom is 0.335 e. The van der Waals surface area contributed by atoms with Crippen LogP contribution in [0.2, 0.25) is 5.02 Å². The van der Waals surface area contributed by atoms with Gasteiger partial charge in [0.05, 0.1) is 10.6 Å². The van der Waals surface area contributed by atoms with E-state index in [-0.39, 0.29) is 5.56 Å². The van der Waals surface area contributed by atoms with E-state index in [1.54, 1.807) is 6.07 Å². The number of carboxylic acids is 1. The highest BCUT2D eigenvalue weighted by Gasteiger charge is 2.06. The Labute approximate surface area is 120 Å². The number of aromatic carboxylic acids is 1. The number of nitrogens with zero attached hydrogens (tertiary/aromatic N) is 1. The third-order valence-corrected chi connectivity index (χ3v) is 3.89. The maximum atomic E-state index is 10.9. The molecule has 0 spiro atoms. The molecule has 19 heavy (non-hydrogen) atoms. The van der Waals surface area contributed by atoms with Crippen molar-refractivity contribution in [3.05, 3.63) is 58.2 Å². The maximum absolute atomic E-state index is 10.9. The molecule has 2 aromatic rings. The Balaban J connectivity index is 2.10. The lowest BCUT2D eigenvalue weighted by Crippen LogP contribution is -1.96. The SMILES string of the molecule is Cc1ccc(CSc2cc(C(=O)O)ccn2)c(Cl)c1. The molecule has 98 valence electrons. The lowest BCUT2D eigenvalue weighted by molar-refractivity contribution is 0.0696. The number of carboxylic acid groups (broad SMARTS) is 1. The van der Waals surface area contributed by atoms with E-state index in [2.05, 4.69) is 4.98 Å². The highest BCUT2D eigenvalue weighted by atomic mass is 35.5. The van der Waals surface area contributed by atoms with Gasteiger partial charge in [0.25, 0.3) is 0 Å². The highest BCUT2D eigenvalue weighted by Crippen LogP contribution is 2.26. The molecule has 0 amide bonds. The van der Waals surface area contributed by atoms with Crippen LogP contribution in [-0.4, -0.2) is 16.1 Å². The van der Waals surface area contributed by atoms with Gasteiger partial charge >= 0.3 is 5.97 Å². The van der Waals surface area contributed by atoms with Crippen molar-refractivity contribution in [2.45, 2.75) is 17.7 Å². The summed E-state index contributed by atoms with van der Waals surface area (Å²) in [5.41, 5.74) is 2.37. The van der Waals surface area contributed by atoms with Crippen LogP contribution < -0.4 is 0 Å². The number of benzene rings is 1. The van der Waals surface area contributed by atoms with Gasteiger partial charge < -0.3 is 5.11 Å². The molecule has 0 saturated carbocycles. The smallest absolute Gasteiger partial charge is 0.335 e. The molecule has 1 heterocycles. The molecule has 0 unspecified atom stereocenters. The van der Waals surface area contributed by atoms with Crippen LogP contribution in [0.5, 0.6) is 0 Å². The molecule has 0 atom stereocenters. The summed E-state index contributed by atoms with van der Waals surface area (Å²) in [4.78, 5) is 15.0. The van der Waals surface area contributed by atoms with Crippen molar-refractivity contribution in [2.24, 2.45) is 0 Å². The molecule has 1 aromatic heterocycles. The zero-order chi connectivity index (χ0) is 13.8. The average molecular weight is 294 g/mol. The Bertz CT molecular complexity index is 616. The van der Waals surface area contributed by atoms with Crippen LogP contribution in [-0.2, 0) is 5.75 Å². The molecule has 0 aliphatic carbocycles. The molecule has 0 radical (unpaired) electrons. The van der Waals surface area contributed by atoms with Crippen LogP contribution in [0.4, 0.5) is 0 Å². The van der Waals surface area contributed by atoms with E-state index in [0.717, 1.165) is 16.1 Å². The Morgan fingerprint density at radius 3 is 2.84 bits per heavy atom. The van der Waals surface area contributed by atoms with Crippen molar-refractivity contribution in [1.82, 2.24) is 4.98 Å². The van der Waals surface area contributed by atoms with Crippen LogP contribution in [0.25, 0.3) is 0 Å². The Kier molecular flexibility index (Phi) is 4.45. The van der Waals surface area contributed by atoms with E-state index in [9.17, 15) is 4.79 Å². The van der Waals surface area contributed by atoms with Gasteiger partial charge in [-0.15, -0.1) is 11.8 Å². The summed E-state index contributed by atoms with van der Waals surface area (Å²) in [6.45, 7) is 1.99. The molecule has 0 saturated heterocycles. The van der Waals surface area contributed by atoms with Crippen molar-refractivity contribution in [2.75, 3.05) is 0 Å². The number of carbonyl (C=O) groups is 1. The van der Waals surface area contributed by atoms with Crippen LogP contribution in [0, 0.1) is 6.92 Å². The van der Waals surface area contributed by atoms with E-state index in [1.807, 2.05) is 25.1 Å². The van der Waals surface area contributed by atoms with Crippen LogP contribution in [0.1, 0.15) is 21.5 Å². The highest BCUT2D eigenvalue weighted by molar-refractivity contribution is 7.98. The van der Waals surface area contributed by atoms with Gasteiger partial charge in [-0.1, -0.05) is 23.7 Å². The van der Waals surface area contributed by atoms with Crippen molar-refractivity contribution in [3.63, 3.8) is 0 Å². The Morgan fingerprint density at radius 1 is 1.37 bits per heavy atom. The van der Waals surface area contributed by atoms with E-state index >= 15 is 0 Å². The largest absolute Gasteiger partial charge is 0.478 e. The number of pyridine rings is 1. The van der Waals surface area contributed by atoms with Gasteiger partial charge in [0.15, 0.2) is 0 Å². The van der Waals surface area contributed by atoms with E-state index in [1.165, 1.54) is 24.0 Å². The first-order valence-corrected chi connectivity index (χ1v) is 7.00. The quantitative estimate of drug-likeness (QED) is 0.865. The second-order valence-electron chi connectivity index (χ2n) is 4.07. The zero-order valence-electron chi connectivity index (χ0n) is 10.3. The molecule has 0 aliphatic rings. The second-order valence-corrected chi connectivity index (χ2v) is 5.47.